The molecule has 196 valence electrons. The van der Waals surface area contributed by atoms with Gasteiger partial charge in [-0.25, -0.2) is 0 Å². The van der Waals surface area contributed by atoms with Gasteiger partial charge in [-0.3, -0.25) is 4.79 Å². The van der Waals surface area contributed by atoms with Gasteiger partial charge in [0.15, 0.2) is 0 Å². The van der Waals surface area contributed by atoms with E-state index in [2.05, 4.69) is 36.2 Å². The molecule has 3 unspecified atom stereocenters. The predicted molar refractivity (Wildman–Crippen MR) is 146 cm³/mol. The summed E-state index contributed by atoms with van der Waals surface area (Å²) in [4.78, 5) is 25.3. The third-order valence-electron chi connectivity index (χ3n) is 7.92. The highest BCUT2D eigenvalue weighted by atomic mass is 16.3. The number of benzene rings is 2. The van der Waals surface area contributed by atoms with Crippen molar-refractivity contribution in [2.45, 2.75) is 77.2 Å². The molecule has 1 heterocycles. The highest BCUT2D eigenvalue weighted by molar-refractivity contribution is 5.80. The van der Waals surface area contributed by atoms with E-state index in [0.717, 1.165) is 51.5 Å². The molecule has 36 heavy (non-hydrogen) atoms. The molecule has 2 aromatic rings. The molecular formula is C31H44N2O3. The monoisotopic (exact) mass is 492 g/mol. The zero-order chi connectivity index (χ0) is 26.0. The molecule has 0 spiro atoms. The van der Waals surface area contributed by atoms with Gasteiger partial charge >= 0.3 is 0 Å². The van der Waals surface area contributed by atoms with Crippen LogP contribution in [0.3, 0.4) is 0 Å². The largest absolute Gasteiger partial charge is 0.508 e. The Bertz CT molecular complexity index is 942. The number of unbranched alkanes of at least 4 members (excludes halogenated alkanes) is 1. The fourth-order valence-electron chi connectivity index (χ4n) is 5.91. The van der Waals surface area contributed by atoms with Gasteiger partial charge in [0.25, 0.3) is 0 Å². The summed E-state index contributed by atoms with van der Waals surface area (Å²) in [5.74, 6) is 1.21. The van der Waals surface area contributed by atoms with Crippen molar-refractivity contribution < 1.29 is 14.7 Å². The molecule has 2 N–H and O–H groups in total. The molecule has 2 aliphatic rings. The predicted octanol–water partition coefficient (Wildman–Crippen LogP) is 5.72. The molecular weight excluding hydrogens is 448 g/mol. The van der Waals surface area contributed by atoms with E-state index in [1.165, 1.54) is 24.0 Å². The number of hydrogen-bond acceptors (Lipinski definition) is 4. The first-order valence-corrected chi connectivity index (χ1v) is 13.6. The minimum absolute atomic E-state index is 0.0364. The smallest absolute Gasteiger partial charge is 0.227 e. The van der Waals surface area contributed by atoms with Crippen molar-refractivity contribution in [3.05, 3.63) is 65.7 Å². The third-order valence-corrected chi connectivity index (χ3v) is 7.92. The Morgan fingerprint density at radius 2 is 1.75 bits per heavy atom. The molecule has 3 atom stereocenters. The minimum Gasteiger partial charge on any atom is -0.508 e. The number of aromatic hydroxyl groups is 1. The topological polar surface area (TPSA) is 69.6 Å². The van der Waals surface area contributed by atoms with E-state index >= 15 is 0 Å². The molecule has 5 heteroatoms. The van der Waals surface area contributed by atoms with E-state index in [4.69, 9.17) is 0 Å². The lowest BCUT2D eigenvalue weighted by atomic mass is 9.70. The normalized spacial score (nSPS) is 23.3. The number of piperidine rings is 1. The molecule has 2 fully saturated rings. The van der Waals surface area contributed by atoms with Crippen LogP contribution in [0.25, 0.3) is 0 Å². The zero-order valence-electron chi connectivity index (χ0n) is 22.3. The standard InChI is InChI=1S/C21H32N2O2.C10H12O/c1-21(2)14-23(20(25)17-6-4-5-7-19(17)22-3)13-12-18(21)15-8-10-16(24)11-9-15;11-9-5-4-8-10-6-2-1-3-7-10/h8-11,17-19,22,24H,4-7,12-14H2,1-3H3;1-3,6-7,9H,4-5,8H2. The Hall–Kier alpha value is -2.66. The lowest BCUT2D eigenvalue weighted by Gasteiger charge is -2.46. The fraction of sp³-hybridized carbons (Fsp3) is 0.548. The first-order chi connectivity index (χ1) is 17.4. The molecule has 0 aromatic heterocycles. The molecule has 2 aromatic carbocycles. The fourth-order valence-corrected chi connectivity index (χ4v) is 5.91. The van der Waals surface area contributed by atoms with Crippen molar-refractivity contribution in [3.63, 3.8) is 0 Å². The van der Waals surface area contributed by atoms with E-state index in [1.54, 1.807) is 12.1 Å². The van der Waals surface area contributed by atoms with Gasteiger partial charge in [-0.2, -0.15) is 0 Å². The maximum absolute atomic E-state index is 13.2. The van der Waals surface area contributed by atoms with Crippen LogP contribution in [0.1, 0.15) is 75.8 Å². The Kier molecular flexibility index (Phi) is 10.5. The summed E-state index contributed by atoms with van der Waals surface area (Å²) < 4.78 is 0. The van der Waals surface area contributed by atoms with Gasteiger partial charge in [-0.15, -0.1) is 0 Å². The Morgan fingerprint density at radius 3 is 2.39 bits per heavy atom. The molecule has 0 radical (unpaired) electrons. The van der Waals surface area contributed by atoms with Crippen molar-refractivity contribution >= 4 is 12.2 Å². The lowest BCUT2D eigenvalue weighted by Crippen LogP contribution is -2.52. The first-order valence-electron chi connectivity index (χ1n) is 13.6. The maximum Gasteiger partial charge on any atom is 0.227 e. The summed E-state index contributed by atoms with van der Waals surface area (Å²) in [6.45, 7) is 6.17. The van der Waals surface area contributed by atoms with Gasteiger partial charge in [-0.1, -0.05) is 69.2 Å². The lowest BCUT2D eigenvalue weighted by molar-refractivity contribution is -0.141. The van der Waals surface area contributed by atoms with Gasteiger partial charge in [0.2, 0.25) is 5.91 Å². The molecule has 0 bridgehead atoms. The van der Waals surface area contributed by atoms with E-state index < -0.39 is 0 Å². The van der Waals surface area contributed by atoms with E-state index in [0.29, 0.717) is 30.0 Å². The number of nitrogens with one attached hydrogen (secondary N) is 1. The first kappa shape index (κ1) is 27.9. The van der Waals surface area contributed by atoms with Crippen LogP contribution in [0.4, 0.5) is 0 Å². The van der Waals surface area contributed by atoms with Crippen molar-refractivity contribution in [2.75, 3.05) is 20.1 Å². The van der Waals surface area contributed by atoms with Crippen LogP contribution in [0.15, 0.2) is 54.6 Å². The summed E-state index contributed by atoms with van der Waals surface area (Å²) >= 11 is 0. The molecule has 1 amide bonds. The summed E-state index contributed by atoms with van der Waals surface area (Å²) in [6.07, 6.45) is 9.14. The Labute approximate surface area is 217 Å². The number of carbonyl (C=O) groups excluding carboxylic acids is 2. The van der Waals surface area contributed by atoms with Gasteiger partial charge < -0.3 is 20.1 Å². The second-order valence-electron chi connectivity index (χ2n) is 11.0. The number of carbonyl (C=O) groups is 2. The summed E-state index contributed by atoms with van der Waals surface area (Å²) in [7, 11) is 1.98. The number of amides is 1. The zero-order valence-corrected chi connectivity index (χ0v) is 22.3. The molecule has 1 saturated heterocycles. The number of aldehydes is 1. The van der Waals surface area contributed by atoms with Crippen molar-refractivity contribution in [2.24, 2.45) is 11.3 Å². The summed E-state index contributed by atoms with van der Waals surface area (Å²) in [5, 5.41) is 12.9. The molecule has 4 rings (SSSR count). The Balaban J connectivity index is 0.000000275. The quantitative estimate of drug-likeness (QED) is 0.383. The molecule has 1 aliphatic carbocycles. The van der Waals surface area contributed by atoms with Gasteiger partial charge in [0.05, 0.1) is 5.92 Å². The van der Waals surface area contributed by atoms with Crippen LogP contribution < -0.4 is 5.32 Å². The van der Waals surface area contributed by atoms with Crippen LogP contribution in [-0.2, 0) is 16.0 Å². The van der Waals surface area contributed by atoms with E-state index in [1.807, 2.05) is 37.4 Å². The number of rotatable bonds is 7. The van der Waals surface area contributed by atoms with E-state index in [9.17, 15) is 14.7 Å². The number of nitrogens with zero attached hydrogens (tertiary/aromatic N) is 1. The van der Waals surface area contributed by atoms with Crippen molar-refractivity contribution in [1.29, 1.82) is 0 Å². The maximum atomic E-state index is 13.2. The van der Waals surface area contributed by atoms with Gasteiger partial charge in [0, 0.05) is 25.6 Å². The third kappa shape index (κ3) is 7.67. The van der Waals surface area contributed by atoms with Gasteiger partial charge in [-0.05, 0) is 73.7 Å². The highest BCUT2D eigenvalue weighted by Gasteiger charge is 2.41. The average Bonchev–Trinajstić information content (AvgIpc) is 2.89. The average molecular weight is 493 g/mol. The molecule has 1 saturated carbocycles. The van der Waals surface area contributed by atoms with Crippen LogP contribution >= 0.6 is 0 Å². The number of hydrogen-bond donors (Lipinski definition) is 2. The second-order valence-corrected chi connectivity index (χ2v) is 11.0. The SMILES string of the molecule is CNC1CCCCC1C(=O)N1CCC(c2ccc(O)cc2)C(C)(C)C1.O=CCCCc1ccccc1. The molecule has 5 nitrogen and oxygen atoms in total. The van der Waals surface area contributed by atoms with Crippen LogP contribution in [0, 0.1) is 11.3 Å². The number of phenolic OH excluding ortho intramolecular Hbond substituents is 1. The van der Waals surface area contributed by atoms with Crippen molar-refractivity contribution in [3.8, 4) is 5.75 Å². The van der Waals surface area contributed by atoms with E-state index in [-0.39, 0.29) is 11.3 Å². The number of phenols is 1. The minimum atomic E-state index is 0.0364. The Morgan fingerprint density at radius 1 is 1.06 bits per heavy atom. The van der Waals surface area contributed by atoms with Crippen LogP contribution in [-0.4, -0.2) is 48.4 Å². The highest BCUT2D eigenvalue weighted by Crippen LogP contribution is 2.43. The van der Waals surface area contributed by atoms with Gasteiger partial charge in [0.1, 0.15) is 12.0 Å². The molecule has 1 aliphatic heterocycles. The summed E-state index contributed by atoms with van der Waals surface area (Å²) in [6, 6.07) is 18.1. The van der Waals surface area contributed by atoms with Crippen LogP contribution in [0.2, 0.25) is 0 Å². The van der Waals surface area contributed by atoms with Crippen molar-refractivity contribution in [1.82, 2.24) is 10.2 Å². The summed E-state index contributed by atoms with van der Waals surface area (Å²) in [5.41, 5.74) is 2.62. The second kappa shape index (κ2) is 13.6. The number of aryl methyl sites for hydroxylation is 1. The van der Waals surface area contributed by atoms with Crippen LogP contribution in [0.5, 0.6) is 5.75 Å². The number of likely N-dealkylation sites (tertiary alicyclic amines) is 1.